The van der Waals surface area contributed by atoms with Crippen LogP contribution in [0.5, 0.6) is 5.75 Å². The number of imide groups is 1. The van der Waals surface area contributed by atoms with Crippen molar-refractivity contribution < 1.29 is 23.9 Å². The summed E-state index contributed by atoms with van der Waals surface area (Å²) in [6.07, 6.45) is -0.323. The van der Waals surface area contributed by atoms with Crippen LogP contribution in [0.4, 0.5) is 4.79 Å². The molecule has 8 nitrogen and oxygen atoms in total. The molecule has 0 bridgehead atoms. The van der Waals surface area contributed by atoms with Gasteiger partial charge in [-0.15, -0.1) is 0 Å². The molecule has 0 aliphatic rings. The van der Waals surface area contributed by atoms with Gasteiger partial charge in [-0.1, -0.05) is 103 Å². The molecule has 0 saturated carbocycles. The minimum atomic E-state index is -1.16. The molecular formula is C36H39N3O5. The van der Waals surface area contributed by atoms with Crippen LogP contribution in [0.25, 0.3) is 0 Å². The quantitative estimate of drug-likeness (QED) is 0.197. The Hall–Kier alpha value is -4.95. The number of amides is 3. The highest BCUT2D eigenvalue weighted by molar-refractivity contribution is 6.02. The van der Waals surface area contributed by atoms with Crippen LogP contribution >= 0.6 is 0 Å². The predicted molar refractivity (Wildman–Crippen MR) is 170 cm³/mol. The summed E-state index contributed by atoms with van der Waals surface area (Å²) in [4.78, 5) is 43.5. The van der Waals surface area contributed by atoms with Crippen molar-refractivity contribution >= 4 is 17.9 Å². The molecule has 3 amide bonds. The van der Waals surface area contributed by atoms with E-state index in [-0.39, 0.29) is 19.6 Å². The van der Waals surface area contributed by atoms with Gasteiger partial charge in [0.2, 0.25) is 11.8 Å². The SMILES string of the molecule is COc1ccc([C@@H](C)NC(=O)[C@@H](CCCN)N(C(=O)OCc2ccccc2)C(=O)C(c2ccccc2)c2ccccc2)cc1. The molecule has 0 heterocycles. The van der Waals surface area contributed by atoms with Gasteiger partial charge in [-0.25, -0.2) is 9.69 Å². The number of hydrogen-bond acceptors (Lipinski definition) is 6. The number of carbonyl (C=O) groups is 3. The molecule has 4 aromatic rings. The molecule has 0 aliphatic heterocycles. The van der Waals surface area contributed by atoms with E-state index in [2.05, 4.69) is 5.32 Å². The Morgan fingerprint density at radius 3 is 1.84 bits per heavy atom. The third-order valence-electron chi connectivity index (χ3n) is 7.42. The number of hydrogen-bond donors (Lipinski definition) is 2. The van der Waals surface area contributed by atoms with E-state index >= 15 is 0 Å². The maximum atomic E-state index is 14.6. The van der Waals surface area contributed by atoms with Crippen LogP contribution in [0.3, 0.4) is 0 Å². The number of nitrogens with zero attached hydrogens (tertiary/aromatic N) is 1. The van der Waals surface area contributed by atoms with Crippen molar-refractivity contribution in [3.05, 3.63) is 138 Å². The lowest BCUT2D eigenvalue weighted by Crippen LogP contribution is -2.54. The summed E-state index contributed by atoms with van der Waals surface area (Å²) < 4.78 is 11.0. The Morgan fingerprint density at radius 1 is 0.773 bits per heavy atom. The molecule has 8 heteroatoms. The topological polar surface area (TPSA) is 111 Å². The van der Waals surface area contributed by atoms with Crippen molar-refractivity contribution in [1.29, 1.82) is 0 Å². The van der Waals surface area contributed by atoms with Crippen LogP contribution in [0.2, 0.25) is 0 Å². The minimum absolute atomic E-state index is 0.0573. The number of carbonyl (C=O) groups excluding carboxylic acids is 3. The third-order valence-corrected chi connectivity index (χ3v) is 7.42. The Bertz CT molecular complexity index is 1440. The molecule has 0 spiro atoms. The van der Waals surface area contributed by atoms with Crippen LogP contribution in [-0.2, 0) is 20.9 Å². The normalized spacial score (nSPS) is 12.2. The zero-order chi connectivity index (χ0) is 31.3. The van der Waals surface area contributed by atoms with E-state index in [1.54, 1.807) is 7.11 Å². The number of methoxy groups -OCH3 is 1. The molecule has 0 unspecified atom stereocenters. The van der Waals surface area contributed by atoms with Gasteiger partial charge >= 0.3 is 6.09 Å². The summed E-state index contributed by atoms with van der Waals surface area (Å²) in [5, 5.41) is 3.00. The molecule has 4 rings (SSSR count). The monoisotopic (exact) mass is 593 g/mol. The molecule has 2 atom stereocenters. The highest BCUT2D eigenvalue weighted by Gasteiger charge is 2.40. The van der Waals surface area contributed by atoms with Gasteiger partial charge in [0.25, 0.3) is 0 Å². The lowest BCUT2D eigenvalue weighted by atomic mass is 9.89. The molecule has 0 fully saturated rings. The van der Waals surface area contributed by atoms with E-state index in [0.717, 1.165) is 16.0 Å². The highest BCUT2D eigenvalue weighted by Crippen LogP contribution is 2.29. The first-order valence-electron chi connectivity index (χ1n) is 14.7. The van der Waals surface area contributed by atoms with Crippen molar-refractivity contribution in [2.75, 3.05) is 13.7 Å². The zero-order valence-electron chi connectivity index (χ0n) is 25.1. The average molecular weight is 594 g/mol. The summed E-state index contributed by atoms with van der Waals surface area (Å²) in [6.45, 7) is 2.06. The van der Waals surface area contributed by atoms with E-state index in [1.807, 2.05) is 122 Å². The number of nitrogens with two attached hydrogens (primary N) is 1. The summed E-state index contributed by atoms with van der Waals surface area (Å²) in [7, 11) is 1.59. The highest BCUT2D eigenvalue weighted by atomic mass is 16.6. The van der Waals surface area contributed by atoms with Crippen molar-refractivity contribution in [2.24, 2.45) is 5.73 Å². The number of benzene rings is 4. The second-order valence-corrected chi connectivity index (χ2v) is 10.5. The Balaban J connectivity index is 1.72. The van der Waals surface area contributed by atoms with Crippen LogP contribution in [0.1, 0.15) is 54.0 Å². The van der Waals surface area contributed by atoms with Gasteiger partial charge in [0, 0.05) is 0 Å². The second-order valence-electron chi connectivity index (χ2n) is 10.5. The molecule has 0 saturated heterocycles. The summed E-state index contributed by atoms with van der Waals surface area (Å²) in [5.74, 6) is -1.20. The van der Waals surface area contributed by atoms with Gasteiger partial charge in [0.15, 0.2) is 0 Å². The first-order chi connectivity index (χ1) is 21.4. The van der Waals surface area contributed by atoms with Crippen LogP contribution in [0.15, 0.2) is 115 Å². The fourth-order valence-electron chi connectivity index (χ4n) is 5.04. The minimum Gasteiger partial charge on any atom is -0.497 e. The predicted octanol–water partition coefficient (Wildman–Crippen LogP) is 5.98. The lowest BCUT2D eigenvalue weighted by Gasteiger charge is -2.32. The standard InChI is InChI=1S/C36H39N3O5/c1-26(28-20-22-31(43-2)23-21-28)38-34(40)32(19-12-24-37)39(36(42)44-25-27-13-6-3-7-14-27)35(41)33(29-15-8-4-9-16-29)30-17-10-5-11-18-30/h3-11,13-18,20-23,26,32-33H,12,19,24-25,37H2,1-2H3,(H,38,40)/t26-,32-/m1/s1. The van der Waals surface area contributed by atoms with Crippen LogP contribution in [-0.4, -0.2) is 42.5 Å². The van der Waals surface area contributed by atoms with E-state index < -0.39 is 35.9 Å². The molecular weight excluding hydrogens is 554 g/mol. The van der Waals surface area contributed by atoms with Crippen LogP contribution < -0.4 is 15.8 Å². The third kappa shape index (κ3) is 8.33. The first-order valence-corrected chi connectivity index (χ1v) is 14.7. The van der Waals surface area contributed by atoms with Gasteiger partial charge < -0.3 is 20.5 Å². The smallest absolute Gasteiger partial charge is 0.417 e. The molecule has 44 heavy (non-hydrogen) atoms. The van der Waals surface area contributed by atoms with Gasteiger partial charge in [-0.05, 0) is 60.7 Å². The fraction of sp³-hybridized carbons (Fsp3) is 0.250. The zero-order valence-corrected chi connectivity index (χ0v) is 25.1. The number of ether oxygens (including phenoxy) is 2. The first kappa shape index (κ1) is 32.0. The Kier molecular flexibility index (Phi) is 11.7. The van der Waals surface area contributed by atoms with Gasteiger partial charge in [-0.3, -0.25) is 9.59 Å². The molecule has 4 aromatic carbocycles. The van der Waals surface area contributed by atoms with Gasteiger partial charge in [0.1, 0.15) is 18.4 Å². The van der Waals surface area contributed by atoms with Gasteiger partial charge in [0.05, 0.1) is 19.1 Å². The second kappa shape index (κ2) is 16.0. The Morgan fingerprint density at radius 2 is 1.32 bits per heavy atom. The van der Waals surface area contributed by atoms with Crippen molar-refractivity contribution in [3.8, 4) is 5.75 Å². The molecule has 3 N–H and O–H groups in total. The fourth-order valence-corrected chi connectivity index (χ4v) is 5.04. The van der Waals surface area contributed by atoms with E-state index in [1.165, 1.54) is 0 Å². The largest absolute Gasteiger partial charge is 0.497 e. The van der Waals surface area contributed by atoms with Crippen molar-refractivity contribution in [3.63, 3.8) is 0 Å². The molecule has 0 aliphatic carbocycles. The molecule has 0 radical (unpaired) electrons. The average Bonchev–Trinajstić information content (AvgIpc) is 3.07. The maximum absolute atomic E-state index is 14.6. The summed E-state index contributed by atoms with van der Waals surface area (Å²) in [6, 6.07) is 33.4. The number of rotatable bonds is 13. The molecule has 0 aromatic heterocycles. The molecule has 228 valence electrons. The van der Waals surface area contributed by atoms with Crippen LogP contribution in [0, 0.1) is 0 Å². The van der Waals surface area contributed by atoms with E-state index in [4.69, 9.17) is 15.2 Å². The van der Waals surface area contributed by atoms with Crippen molar-refractivity contribution in [1.82, 2.24) is 10.2 Å². The van der Waals surface area contributed by atoms with Crippen molar-refractivity contribution in [2.45, 2.75) is 44.4 Å². The summed E-state index contributed by atoms with van der Waals surface area (Å²) in [5.41, 5.74) is 8.84. The van der Waals surface area contributed by atoms with E-state index in [9.17, 15) is 14.4 Å². The van der Waals surface area contributed by atoms with Gasteiger partial charge in [-0.2, -0.15) is 0 Å². The van der Waals surface area contributed by atoms with E-state index in [0.29, 0.717) is 23.3 Å². The lowest BCUT2D eigenvalue weighted by molar-refractivity contribution is -0.139. The Labute approximate surface area is 258 Å². The maximum Gasteiger partial charge on any atom is 0.417 e. The summed E-state index contributed by atoms with van der Waals surface area (Å²) >= 11 is 0. The number of nitrogens with one attached hydrogen (secondary N) is 1.